The van der Waals surface area contributed by atoms with Crippen molar-refractivity contribution in [3.63, 3.8) is 0 Å². The van der Waals surface area contributed by atoms with Crippen LogP contribution in [0, 0.1) is 17.8 Å². The van der Waals surface area contributed by atoms with Gasteiger partial charge in [-0.25, -0.2) is 0 Å². The average molecular weight is 254 g/mol. The van der Waals surface area contributed by atoms with Crippen molar-refractivity contribution in [1.82, 2.24) is 10.2 Å². The molecule has 0 bridgehead atoms. The van der Waals surface area contributed by atoms with Crippen LogP contribution in [0.3, 0.4) is 0 Å². The highest BCUT2D eigenvalue weighted by Gasteiger charge is 2.23. The Balaban J connectivity index is 0.000000771. The summed E-state index contributed by atoms with van der Waals surface area (Å²) in [4.78, 5) is 2.70. The second-order valence-electron chi connectivity index (χ2n) is 6.09. The Bertz CT molecular complexity index is 189. The zero-order valence-electron chi connectivity index (χ0n) is 13.0. The summed E-state index contributed by atoms with van der Waals surface area (Å²) in [6, 6.07) is 0. The zero-order valence-corrected chi connectivity index (χ0v) is 13.0. The summed E-state index contributed by atoms with van der Waals surface area (Å²) in [7, 11) is 0. The molecule has 1 N–H and O–H groups in total. The van der Waals surface area contributed by atoms with Crippen LogP contribution >= 0.6 is 0 Å². The van der Waals surface area contributed by atoms with Gasteiger partial charge >= 0.3 is 0 Å². The Hall–Kier alpha value is -0.0800. The first kappa shape index (κ1) is 16.0. The minimum absolute atomic E-state index is 0.887. The lowest BCUT2D eigenvalue weighted by Gasteiger charge is -2.36. The molecule has 18 heavy (non-hydrogen) atoms. The summed E-state index contributed by atoms with van der Waals surface area (Å²) in [5.41, 5.74) is 0. The van der Waals surface area contributed by atoms with Gasteiger partial charge in [0.2, 0.25) is 0 Å². The average Bonchev–Trinajstić information content (AvgIpc) is 2.43. The first-order valence-electron chi connectivity index (χ1n) is 8.19. The van der Waals surface area contributed by atoms with Crippen molar-refractivity contribution in [3.05, 3.63) is 0 Å². The van der Waals surface area contributed by atoms with Crippen molar-refractivity contribution in [3.8, 4) is 0 Å². The topological polar surface area (TPSA) is 15.3 Å². The molecule has 108 valence electrons. The van der Waals surface area contributed by atoms with Gasteiger partial charge in [-0.15, -0.1) is 0 Å². The summed E-state index contributed by atoms with van der Waals surface area (Å²) in [5.74, 6) is 2.79. The lowest BCUT2D eigenvalue weighted by atomic mass is 9.86. The van der Waals surface area contributed by atoms with Crippen molar-refractivity contribution in [2.75, 3.05) is 32.7 Å². The summed E-state index contributed by atoms with van der Waals surface area (Å²) in [6.45, 7) is 15.3. The van der Waals surface area contributed by atoms with Gasteiger partial charge in [-0.05, 0) is 69.6 Å². The van der Waals surface area contributed by atoms with E-state index in [1.54, 1.807) is 0 Å². The molecule has 2 aliphatic heterocycles. The number of nitrogens with one attached hydrogen (secondary N) is 1. The lowest BCUT2D eigenvalue weighted by molar-refractivity contribution is 0.132. The van der Waals surface area contributed by atoms with Crippen LogP contribution in [-0.4, -0.2) is 37.6 Å². The molecular weight excluding hydrogens is 220 g/mol. The monoisotopic (exact) mass is 254 g/mol. The number of rotatable bonds is 3. The first-order chi connectivity index (χ1) is 8.75. The highest BCUT2D eigenvalue weighted by molar-refractivity contribution is 4.78. The number of nitrogens with zero attached hydrogens (tertiary/aromatic N) is 1. The smallest absolute Gasteiger partial charge is 0.00218 e. The molecule has 0 aliphatic carbocycles. The molecule has 2 fully saturated rings. The Kier molecular flexibility index (Phi) is 7.92. The molecule has 2 nitrogen and oxygen atoms in total. The first-order valence-corrected chi connectivity index (χ1v) is 8.19. The van der Waals surface area contributed by atoms with Crippen LogP contribution in [-0.2, 0) is 0 Å². The molecule has 0 unspecified atom stereocenters. The van der Waals surface area contributed by atoms with Gasteiger partial charge in [-0.2, -0.15) is 0 Å². The van der Waals surface area contributed by atoms with Crippen LogP contribution in [0.15, 0.2) is 0 Å². The van der Waals surface area contributed by atoms with Gasteiger partial charge in [0.1, 0.15) is 0 Å². The van der Waals surface area contributed by atoms with E-state index in [2.05, 4.69) is 24.1 Å². The van der Waals surface area contributed by atoms with E-state index in [1.165, 1.54) is 58.4 Å². The van der Waals surface area contributed by atoms with E-state index in [0.717, 1.165) is 17.8 Å². The molecule has 0 aromatic heterocycles. The summed E-state index contributed by atoms with van der Waals surface area (Å²) < 4.78 is 0. The Morgan fingerprint density at radius 2 is 1.78 bits per heavy atom. The predicted molar refractivity (Wildman–Crippen MR) is 80.9 cm³/mol. The minimum Gasteiger partial charge on any atom is -0.316 e. The van der Waals surface area contributed by atoms with Gasteiger partial charge in [0.25, 0.3) is 0 Å². The van der Waals surface area contributed by atoms with Gasteiger partial charge < -0.3 is 10.2 Å². The predicted octanol–water partition coefficient (Wildman–Crippen LogP) is 3.38. The molecule has 2 aliphatic rings. The number of hydrogen-bond donors (Lipinski definition) is 1. The Morgan fingerprint density at radius 1 is 1.11 bits per heavy atom. The second kappa shape index (κ2) is 8.92. The van der Waals surface area contributed by atoms with Gasteiger partial charge in [-0.1, -0.05) is 27.7 Å². The third-order valence-electron chi connectivity index (χ3n) is 4.49. The third-order valence-corrected chi connectivity index (χ3v) is 4.49. The standard InChI is InChI=1S/C14H28N2.C2H6/c1-12(2)14-5-8-16(9-6-14)11-13-4-3-7-15-10-13;1-2/h12-15H,3-11H2,1-2H3;1-2H3/t13-;/m1./s1. The highest BCUT2D eigenvalue weighted by Crippen LogP contribution is 2.25. The molecule has 2 rings (SSSR count). The molecule has 0 radical (unpaired) electrons. The molecule has 1 atom stereocenters. The molecule has 0 spiro atoms. The third kappa shape index (κ3) is 5.27. The molecule has 2 heterocycles. The van der Waals surface area contributed by atoms with Crippen LogP contribution in [0.4, 0.5) is 0 Å². The minimum atomic E-state index is 0.887. The highest BCUT2D eigenvalue weighted by atomic mass is 15.1. The van der Waals surface area contributed by atoms with Gasteiger partial charge in [-0.3, -0.25) is 0 Å². The second-order valence-corrected chi connectivity index (χ2v) is 6.09. The maximum atomic E-state index is 3.52. The molecule has 2 heteroatoms. The van der Waals surface area contributed by atoms with E-state index in [4.69, 9.17) is 0 Å². The lowest BCUT2D eigenvalue weighted by Crippen LogP contribution is -2.42. The Labute approximate surface area is 115 Å². The largest absolute Gasteiger partial charge is 0.316 e. The van der Waals surface area contributed by atoms with E-state index >= 15 is 0 Å². The fourth-order valence-corrected chi connectivity index (χ4v) is 3.25. The summed E-state index contributed by atoms with van der Waals surface area (Å²) in [6.07, 6.45) is 5.68. The maximum Gasteiger partial charge on any atom is 0.00218 e. The number of piperidine rings is 2. The van der Waals surface area contributed by atoms with Crippen LogP contribution in [0.25, 0.3) is 0 Å². The van der Waals surface area contributed by atoms with Crippen molar-refractivity contribution < 1.29 is 0 Å². The van der Waals surface area contributed by atoms with E-state index < -0.39 is 0 Å². The quantitative estimate of drug-likeness (QED) is 0.830. The molecule has 0 amide bonds. The van der Waals surface area contributed by atoms with Gasteiger partial charge in [0, 0.05) is 6.54 Å². The Morgan fingerprint density at radius 3 is 2.28 bits per heavy atom. The fourth-order valence-electron chi connectivity index (χ4n) is 3.25. The van der Waals surface area contributed by atoms with Gasteiger partial charge in [0.05, 0.1) is 0 Å². The van der Waals surface area contributed by atoms with E-state index in [0.29, 0.717) is 0 Å². The van der Waals surface area contributed by atoms with Crippen molar-refractivity contribution >= 4 is 0 Å². The zero-order chi connectivity index (χ0) is 13.4. The molecular formula is C16H34N2. The molecule has 0 aromatic carbocycles. The number of likely N-dealkylation sites (tertiary alicyclic amines) is 1. The van der Waals surface area contributed by atoms with Crippen molar-refractivity contribution in [2.24, 2.45) is 17.8 Å². The summed E-state index contributed by atoms with van der Waals surface area (Å²) >= 11 is 0. The van der Waals surface area contributed by atoms with E-state index in [9.17, 15) is 0 Å². The normalized spacial score (nSPS) is 26.8. The fraction of sp³-hybridized carbons (Fsp3) is 1.00. The molecule has 0 saturated carbocycles. The SMILES string of the molecule is CC.CC(C)C1CCN(C[C@@H]2CCCNC2)CC1. The van der Waals surface area contributed by atoms with E-state index in [-0.39, 0.29) is 0 Å². The molecule has 0 aromatic rings. The number of hydrogen-bond acceptors (Lipinski definition) is 2. The van der Waals surface area contributed by atoms with Gasteiger partial charge in [0.15, 0.2) is 0 Å². The van der Waals surface area contributed by atoms with Crippen molar-refractivity contribution in [2.45, 2.75) is 53.4 Å². The molecule has 2 saturated heterocycles. The maximum absolute atomic E-state index is 3.52. The van der Waals surface area contributed by atoms with Crippen LogP contribution < -0.4 is 5.32 Å². The van der Waals surface area contributed by atoms with Crippen molar-refractivity contribution in [1.29, 1.82) is 0 Å². The van der Waals surface area contributed by atoms with E-state index in [1.807, 2.05) is 13.8 Å². The van der Waals surface area contributed by atoms with Crippen LogP contribution in [0.5, 0.6) is 0 Å². The summed E-state index contributed by atoms with van der Waals surface area (Å²) in [5, 5.41) is 3.52. The van der Waals surface area contributed by atoms with Crippen LogP contribution in [0.2, 0.25) is 0 Å². The van der Waals surface area contributed by atoms with Crippen LogP contribution in [0.1, 0.15) is 53.4 Å².